The number of hydrogen-bond donors (Lipinski definition) is 0. The zero-order valence-electron chi connectivity index (χ0n) is 32.5. The molecule has 4 heteroatoms. The molecule has 0 spiro atoms. The normalized spacial score (nSPS) is 12.3. The Morgan fingerprint density at radius 2 is 1.15 bits per heavy atom. The van der Waals surface area contributed by atoms with Crippen LogP contribution in [0, 0.1) is 0 Å². The highest BCUT2D eigenvalue weighted by Gasteiger charge is 2.21. The van der Waals surface area contributed by atoms with Crippen molar-refractivity contribution < 1.29 is 0 Å². The fraction of sp³-hybridized carbons (Fsp3) is 0.0182. The number of benzene rings is 8. The summed E-state index contributed by atoms with van der Waals surface area (Å²) in [6, 6.07) is 62.8. The smallest absolute Gasteiger partial charge is 0.160 e. The molecule has 59 heavy (non-hydrogen) atoms. The number of aromatic nitrogens is 4. The van der Waals surface area contributed by atoms with Crippen LogP contribution >= 0.6 is 0 Å². The van der Waals surface area contributed by atoms with Gasteiger partial charge in [-0.15, -0.1) is 0 Å². The van der Waals surface area contributed by atoms with Crippen LogP contribution in [0.5, 0.6) is 0 Å². The van der Waals surface area contributed by atoms with E-state index in [4.69, 9.17) is 9.97 Å². The van der Waals surface area contributed by atoms with Crippen molar-refractivity contribution in [3.63, 3.8) is 0 Å². The summed E-state index contributed by atoms with van der Waals surface area (Å²) >= 11 is 0. The van der Waals surface area contributed by atoms with Gasteiger partial charge >= 0.3 is 0 Å². The Morgan fingerprint density at radius 1 is 0.508 bits per heavy atom. The summed E-state index contributed by atoms with van der Waals surface area (Å²) in [6.45, 7) is 6.23. The van der Waals surface area contributed by atoms with Crippen molar-refractivity contribution in [2.75, 3.05) is 0 Å². The van der Waals surface area contributed by atoms with Gasteiger partial charge in [-0.3, -0.25) is 0 Å². The lowest BCUT2D eigenvalue weighted by molar-refractivity contribution is 1.17. The average Bonchev–Trinajstić information content (AvgIpc) is 3.82. The van der Waals surface area contributed by atoms with E-state index in [0.29, 0.717) is 5.82 Å². The Labute approximate surface area is 342 Å². The maximum Gasteiger partial charge on any atom is 0.160 e. The summed E-state index contributed by atoms with van der Waals surface area (Å²) in [5, 5.41) is 8.37. The van der Waals surface area contributed by atoms with Crippen LogP contribution in [0.4, 0.5) is 0 Å². The predicted molar refractivity (Wildman–Crippen MR) is 250 cm³/mol. The lowest BCUT2D eigenvalue weighted by Gasteiger charge is -2.12. The molecule has 0 amide bonds. The molecule has 0 aliphatic carbocycles. The summed E-state index contributed by atoms with van der Waals surface area (Å²) in [4.78, 5) is 10.5. The average molecular weight is 755 g/mol. The zero-order chi connectivity index (χ0) is 39.5. The standard InChI is InChI=1S/C55H38N4/c1-3-5-19-42(4-2)58-48-22-13-11-20-45(48)52-50(58)32-33-51-53(52)46-21-12-14-23-49(46)59(51)43-29-26-38(27-30-43)55-56-47-35-41(40-25-24-36-15-9-10-18-39(36)34-40)28-31-44(47)54(57-55)37-16-7-6-8-17-37/h3-35H,2H2,1H3/b5-3-,42-19+. The van der Waals surface area contributed by atoms with E-state index in [1.165, 1.54) is 32.3 Å². The third kappa shape index (κ3) is 5.60. The maximum absolute atomic E-state index is 5.25. The van der Waals surface area contributed by atoms with Gasteiger partial charge in [-0.05, 0) is 108 Å². The molecule has 0 radical (unpaired) electrons. The molecule has 8 aromatic carbocycles. The van der Waals surface area contributed by atoms with Gasteiger partial charge in [0.25, 0.3) is 0 Å². The van der Waals surface area contributed by atoms with Crippen LogP contribution in [0.2, 0.25) is 0 Å². The summed E-state index contributed by atoms with van der Waals surface area (Å²) < 4.78 is 4.71. The first kappa shape index (κ1) is 34.4. The van der Waals surface area contributed by atoms with E-state index in [2.05, 4.69) is 198 Å². The van der Waals surface area contributed by atoms with Crippen LogP contribution in [-0.2, 0) is 0 Å². The molecule has 0 aliphatic rings. The molecule has 0 saturated heterocycles. The third-order valence-corrected chi connectivity index (χ3v) is 11.6. The fourth-order valence-corrected chi connectivity index (χ4v) is 8.89. The molecule has 0 N–H and O–H groups in total. The third-order valence-electron chi connectivity index (χ3n) is 11.6. The molecule has 11 aromatic rings. The maximum atomic E-state index is 5.25. The minimum Gasteiger partial charge on any atom is -0.309 e. The molecule has 3 aromatic heterocycles. The Bertz CT molecular complexity index is 3510. The summed E-state index contributed by atoms with van der Waals surface area (Å²) in [7, 11) is 0. The predicted octanol–water partition coefficient (Wildman–Crippen LogP) is 14.6. The Morgan fingerprint density at radius 3 is 1.95 bits per heavy atom. The van der Waals surface area contributed by atoms with Gasteiger partial charge in [0, 0.05) is 49.4 Å². The highest BCUT2D eigenvalue weighted by atomic mass is 15.0. The second-order valence-corrected chi connectivity index (χ2v) is 15.0. The van der Waals surface area contributed by atoms with Crippen molar-refractivity contribution in [3.05, 3.63) is 207 Å². The summed E-state index contributed by atoms with van der Waals surface area (Å²) in [6.07, 6.45) is 8.18. The van der Waals surface area contributed by atoms with Crippen LogP contribution < -0.4 is 0 Å². The van der Waals surface area contributed by atoms with Gasteiger partial charge in [0.1, 0.15) is 0 Å². The number of para-hydroxylation sites is 2. The van der Waals surface area contributed by atoms with E-state index in [0.717, 1.165) is 72.3 Å². The van der Waals surface area contributed by atoms with E-state index >= 15 is 0 Å². The van der Waals surface area contributed by atoms with Gasteiger partial charge < -0.3 is 9.13 Å². The van der Waals surface area contributed by atoms with Crippen molar-refractivity contribution in [3.8, 4) is 39.5 Å². The van der Waals surface area contributed by atoms with E-state index in [-0.39, 0.29) is 0 Å². The van der Waals surface area contributed by atoms with Gasteiger partial charge in [0.2, 0.25) is 0 Å². The highest BCUT2D eigenvalue weighted by Crippen LogP contribution is 2.42. The van der Waals surface area contributed by atoms with Gasteiger partial charge in [-0.1, -0.05) is 128 Å². The number of fused-ring (bicyclic) bond motifs is 9. The fourth-order valence-electron chi connectivity index (χ4n) is 8.89. The van der Waals surface area contributed by atoms with Gasteiger partial charge in [-0.2, -0.15) is 0 Å². The van der Waals surface area contributed by atoms with Crippen LogP contribution in [0.1, 0.15) is 6.92 Å². The van der Waals surface area contributed by atoms with E-state index in [9.17, 15) is 0 Å². The first-order chi connectivity index (χ1) is 29.2. The quantitative estimate of drug-likeness (QED) is 0.152. The van der Waals surface area contributed by atoms with E-state index in [1.54, 1.807) is 0 Å². The largest absolute Gasteiger partial charge is 0.309 e. The van der Waals surface area contributed by atoms with Crippen molar-refractivity contribution in [2.24, 2.45) is 0 Å². The Hall–Kier alpha value is -7.82. The van der Waals surface area contributed by atoms with Crippen molar-refractivity contribution in [1.82, 2.24) is 19.1 Å². The lowest BCUT2D eigenvalue weighted by Crippen LogP contribution is -1.97. The Kier molecular flexibility index (Phi) is 8.16. The van der Waals surface area contributed by atoms with Gasteiger partial charge in [-0.25, -0.2) is 9.97 Å². The molecular formula is C55H38N4. The second kappa shape index (κ2) is 14.0. The minimum atomic E-state index is 0.694. The number of allylic oxidation sites excluding steroid dienone is 5. The van der Waals surface area contributed by atoms with Gasteiger partial charge in [0.05, 0.1) is 33.3 Å². The number of nitrogens with zero attached hydrogens (tertiary/aromatic N) is 4. The van der Waals surface area contributed by atoms with E-state index in [1.807, 2.05) is 25.1 Å². The molecule has 0 fully saturated rings. The molecule has 11 rings (SSSR count). The van der Waals surface area contributed by atoms with Crippen LogP contribution in [0.15, 0.2) is 207 Å². The number of hydrogen-bond acceptors (Lipinski definition) is 2. The molecule has 0 unspecified atom stereocenters. The van der Waals surface area contributed by atoms with Gasteiger partial charge in [0.15, 0.2) is 5.82 Å². The number of rotatable bonds is 7. The molecule has 0 aliphatic heterocycles. The van der Waals surface area contributed by atoms with Crippen LogP contribution in [0.25, 0.3) is 110 Å². The van der Waals surface area contributed by atoms with Crippen molar-refractivity contribution in [2.45, 2.75) is 6.92 Å². The minimum absolute atomic E-state index is 0.694. The monoisotopic (exact) mass is 754 g/mol. The molecule has 278 valence electrons. The second-order valence-electron chi connectivity index (χ2n) is 15.0. The molecule has 3 heterocycles. The molecule has 0 saturated carbocycles. The zero-order valence-corrected chi connectivity index (χ0v) is 32.5. The topological polar surface area (TPSA) is 35.6 Å². The first-order valence-electron chi connectivity index (χ1n) is 20.1. The van der Waals surface area contributed by atoms with Crippen LogP contribution in [0.3, 0.4) is 0 Å². The van der Waals surface area contributed by atoms with Crippen molar-refractivity contribution >= 4 is 71.0 Å². The highest BCUT2D eigenvalue weighted by molar-refractivity contribution is 6.29. The SMILES string of the molecule is C=C/C(=C\C=C/C)n1c2ccccc2c2c3c4ccccc4n(-c4ccc(-c5nc(-c6ccccc6)c6ccc(-c7ccc8ccccc8c7)cc6n5)cc4)c3ccc21. The summed E-state index contributed by atoms with van der Waals surface area (Å²) in [5.41, 5.74) is 12.9. The van der Waals surface area contributed by atoms with E-state index < -0.39 is 0 Å². The lowest BCUT2D eigenvalue weighted by atomic mass is 9.98. The summed E-state index contributed by atoms with van der Waals surface area (Å²) in [5.74, 6) is 0.694. The molecular weight excluding hydrogens is 717 g/mol. The molecule has 0 atom stereocenters. The Balaban J connectivity index is 1.07. The van der Waals surface area contributed by atoms with Crippen LogP contribution in [-0.4, -0.2) is 19.1 Å². The van der Waals surface area contributed by atoms with Crippen molar-refractivity contribution in [1.29, 1.82) is 0 Å². The molecule has 0 bridgehead atoms. The molecule has 4 nitrogen and oxygen atoms in total. The first-order valence-corrected chi connectivity index (χ1v) is 20.1.